The Kier molecular flexibility index (Phi) is 8.01. The molecule has 11 heteroatoms. The van der Waals surface area contributed by atoms with Crippen LogP contribution in [0.25, 0.3) is 0 Å². The molecule has 1 aliphatic heterocycles. The fourth-order valence-corrected chi connectivity index (χ4v) is 4.70. The molecule has 2 amide bonds. The molecular formula is C22H25N3O7S. The summed E-state index contributed by atoms with van der Waals surface area (Å²) in [5.41, 5.74) is 0.709. The number of amides is 2. The minimum Gasteiger partial charge on any atom is -0.497 e. The number of nitrogens with one attached hydrogen (secondary N) is 2. The van der Waals surface area contributed by atoms with Crippen molar-refractivity contribution in [3.05, 3.63) is 54.1 Å². The molecule has 10 nitrogen and oxygen atoms in total. The standard InChI is InChI=1S/C22H25N3O7S/c1-31-18-8-4-16(5-9-18)22(28)23-14-21(27)32-15-20(26)24-17-6-10-19(11-7-17)33(29,30)25-12-2-3-13-25/h4-11H,2-3,12-15H2,1H3,(H,23,28)(H,24,26). The summed E-state index contributed by atoms with van der Waals surface area (Å²) >= 11 is 0. The number of carbonyl (C=O) groups excluding carboxylic acids is 3. The molecule has 0 aliphatic carbocycles. The third-order valence-corrected chi connectivity index (χ3v) is 6.86. The minimum absolute atomic E-state index is 0.154. The van der Waals surface area contributed by atoms with Gasteiger partial charge in [-0.25, -0.2) is 8.42 Å². The first-order valence-corrected chi connectivity index (χ1v) is 11.7. The Hall–Kier alpha value is -3.44. The maximum atomic E-state index is 12.5. The molecule has 33 heavy (non-hydrogen) atoms. The number of methoxy groups -OCH3 is 1. The summed E-state index contributed by atoms with van der Waals surface area (Å²) in [6.45, 7) is 0.0613. The molecule has 0 unspecified atom stereocenters. The van der Waals surface area contributed by atoms with Gasteiger partial charge in [-0.1, -0.05) is 0 Å². The van der Waals surface area contributed by atoms with E-state index in [1.807, 2.05) is 0 Å². The van der Waals surface area contributed by atoms with Crippen LogP contribution in [0.4, 0.5) is 5.69 Å². The predicted molar refractivity (Wildman–Crippen MR) is 119 cm³/mol. The summed E-state index contributed by atoms with van der Waals surface area (Å²) in [4.78, 5) is 36.0. The zero-order valence-corrected chi connectivity index (χ0v) is 18.9. The Morgan fingerprint density at radius 1 is 0.970 bits per heavy atom. The lowest BCUT2D eigenvalue weighted by Gasteiger charge is -2.15. The summed E-state index contributed by atoms with van der Waals surface area (Å²) in [5.74, 6) is -1.25. The highest BCUT2D eigenvalue weighted by molar-refractivity contribution is 7.89. The maximum Gasteiger partial charge on any atom is 0.325 e. The van der Waals surface area contributed by atoms with Crippen molar-refractivity contribution in [2.75, 3.05) is 38.7 Å². The van der Waals surface area contributed by atoms with Gasteiger partial charge in [0.05, 0.1) is 12.0 Å². The Bertz CT molecular complexity index is 1090. The first-order chi connectivity index (χ1) is 15.8. The third kappa shape index (κ3) is 6.53. The quantitative estimate of drug-likeness (QED) is 0.524. The second-order valence-electron chi connectivity index (χ2n) is 7.26. The van der Waals surface area contributed by atoms with Gasteiger partial charge in [-0.05, 0) is 61.4 Å². The molecule has 0 saturated carbocycles. The molecule has 2 aromatic carbocycles. The van der Waals surface area contributed by atoms with Crippen LogP contribution in [0.15, 0.2) is 53.4 Å². The largest absolute Gasteiger partial charge is 0.497 e. The van der Waals surface area contributed by atoms with Crippen LogP contribution in [0.2, 0.25) is 0 Å². The van der Waals surface area contributed by atoms with Gasteiger partial charge in [0.2, 0.25) is 10.0 Å². The lowest BCUT2D eigenvalue weighted by molar-refractivity contribution is -0.146. The second-order valence-corrected chi connectivity index (χ2v) is 9.19. The van der Waals surface area contributed by atoms with Crippen molar-refractivity contribution in [3.8, 4) is 5.75 Å². The molecule has 0 aromatic heterocycles. The average Bonchev–Trinajstić information content (AvgIpc) is 3.38. The zero-order valence-electron chi connectivity index (χ0n) is 18.1. The van der Waals surface area contributed by atoms with Crippen LogP contribution in [0.5, 0.6) is 5.75 Å². The maximum absolute atomic E-state index is 12.5. The molecule has 2 N–H and O–H groups in total. The molecule has 3 rings (SSSR count). The van der Waals surface area contributed by atoms with Crippen LogP contribution in [-0.2, 0) is 24.3 Å². The fourth-order valence-electron chi connectivity index (χ4n) is 3.18. The highest BCUT2D eigenvalue weighted by atomic mass is 32.2. The lowest BCUT2D eigenvalue weighted by atomic mass is 10.2. The first kappa shape index (κ1) is 24.2. The molecule has 1 saturated heterocycles. The summed E-state index contributed by atoms with van der Waals surface area (Å²) in [5, 5.41) is 4.93. The third-order valence-electron chi connectivity index (χ3n) is 4.95. The van der Waals surface area contributed by atoms with Crippen LogP contribution in [0.1, 0.15) is 23.2 Å². The Morgan fingerprint density at radius 3 is 2.21 bits per heavy atom. The van der Waals surface area contributed by atoms with Gasteiger partial charge in [0, 0.05) is 24.3 Å². The van der Waals surface area contributed by atoms with E-state index in [4.69, 9.17) is 9.47 Å². The van der Waals surface area contributed by atoms with Crippen molar-refractivity contribution in [1.29, 1.82) is 0 Å². The van der Waals surface area contributed by atoms with Crippen LogP contribution in [0, 0.1) is 0 Å². The van der Waals surface area contributed by atoms with Crippen molar-refractivity contribution >= 4 is 33.5 Å². The molecule has 1 heterocycles. The van der Waals surface area contributed by atoms with Crippen molar-refractivity contribution in [2.45, 2.75) is 17.7 Å². The van der Waals surface area contributed by atoms with E-state index in [9.17, 15) is 22.8 Å². The molecule has 0 radical (unpaired) electrons. The molecule has 1 aliphatic rings. The van der Waals surface area contributed by atoms with E-state index in [1.165, 1.54) is 35.7 Å². The van der Waals surface area contributed by atoms with Crippen LogP contribution in [-0.4, -0.2) is 63.9 Å². The van der Waals surface area contributed by atoms with Crippen LogP contribution >= 0.6 is 0 Å². The number of hydrogen-bond acceptors (Lipinski definition) is 7. The Balaban J connectivity index is 1.42. The molecule has 0 bridgehead atoms. The van der Waals surface area contributed by atoms with Crippen LogP contribution in [0.3, 0.4) is 0 Å². The number of sulfonamides is 1. The fraction of sp³-hybridized carbons (Fsp3) is 0.318. The smallest absolute Gasteiger partial charge is 0.325 e. The van der Waals surface area contributed by atoms with Gasteiger partial charge in [-0.15, -0.1) is 0 Å². The lowest BCUT2D eigenvalue weighted by Crippen LogP contribution is -2.32. The highest BCUT2D eigenvalue weighted by Crippen LogP contribution is 2.22. The number of hydrogen-bond donors (Lipinski definition) is 2. The SMILES string of the molecule is COc1ccc(C(=O)NCC(=O)OCC(=O)Nc2ccc(S(=O)(=O)N3CCCC3)cc2)cc1. The van der Waals surface area contributed by atoms with Gasteiger partial charge < -0.3 is 20.1 Å². The number of ether oxygens (including phenoxy) is 2. The Morgan fingerprint density at radius 2 is 1.61 bits per heavy atom. The van der Waals surface area contributed by atoms with E-state index < -0.39 is 41.0 Å². The molecule has 0 atom stereocenters. The molecule has 0 spiro atoms. The topological polar surface area (TPSA) is 131 Å². The molecular weight excluding hydrogens is 450 g/mol. The van der Waals surface area contributed by atoms with Gasteiger partial charge in [-0.2, -0.15) is 4.31 Å². The van der Waals surface area contributed by atoms with Gasteiger partial charge in [0.25, 0.3) is 11.8 Å². The summed E-state index contributed by atoms with van der Waals surface area (Å²) < 4.78 is 36.3. The number of anilines is 1. The van der Waals surface area contributed by atoms with Crippen molar-refractivity contribution in [1.82, 2.24) is 9.62 Å². The average molecular weight is 476 g/mol. The summed E-state index contributed by atoms with van der Waals surface area (Å²) in [6, 6.07) is 12.1. The van der Waals surface area contributed by atoms with E-state index in [0.717, 1.165) is 12.8 Å². The monoisotopic (exact) mass is 475 g/mol. The van der Waals surface area contributed by atoms with Gasteiger partial charge >= 0.3 is 5.97 Å². The molecule has 1 fully saturated rings. The van der Waals surface area contributed by atoms with E-state index in [2.05, 4.69) is 10.6 Å². The minimum atomic E-state index is -3.53. The highest BCUT2D eigenvalue weighted by Gasteiger charge is 2.26. The zero-order chi connectivity index (χ0) is 23.8. The van der Waals surface area contributed by atoms with E-state index in [1.54, 1.807) is 24.3 Å². The normalized spacial score (nSPS) is 13.8. The number of esters is 1. The second kappa shape index (κ2) is 10.9. The number of carbonyl (C=O) groups is 3. The predicted octanol–water partition coefficient (Wildman–Crippen LogP) is 1.39. The van der Waals surface area contributed by atoms with Gasteiger partial charge in [0.15, 0.2) is 6.61 Å². The number of benzene rings is 2. The summed E-state index contributed by atoms with van der Waals surface area (Å²) in [6.07, 6.45) is 1.69. The van der Waals surface area contributed by atoms with Crippen LogP contribution < -0.4 is 15.4 Å². The van der Waals surface area contributed by atoms with Crippen molar-refractivity contribution < 1.29 is 32.3 Å². The van der Waals surface area contributed by atoms with Crippen molar-refractivity contribution in [3.63, 3.8) is 0 Å². The number of rotatable bonds is 9. The van der Waals surface area contributed by atoms with E-state index in [-0.39, 0.29) is 4.90 Å². The van der Waals surface area contributed by atoms with E-state index >= 15 is 0 Å². The molecule has 2 aromatic rings. The van der Waals surface area contributed by atoms with E-state index in [0.29, 0.717) is 30.1 Å². The van der Waals surface area contributed by atoms with Crippen molar-refractivity contribution in [2.24, 2.45) is 0 Å². The Labute approximate surface area is 191 Å². The molecule has 176 valence electrons. The van der Waals surface area contributed by atoms with Gasteiger partial charge in [0.1, 0.15) is 12.3 Å². The number of nitrogens with zero attached hydrogens (tertiary/aromatic N) is 1. The first-order valence-electron chi connectivity index (χ1n) is 10.3. The summed E-state index contributed by atoms with van der Waals surface area (Å²) in [7, 11) is -2.02. The van der Waals surface area contributed by atoms with Gasteiger partial charge in [-0.3, -0.25) is 14.4 Å².